The van der Waals surface area contributed by atoms with Crippen LogP contribution in [0.25, 0.3) is 0 Å². The molecule has 0 aliphatic carbocycles. The molecule has 2 N–H and O–H groups in total. The smallest absolute Gasteiger partial charge is 0.332 e. The van der Waals surface area contributed by atoms with Crippen molar-refractivity contribution in [3.63, 3.8) is 0 Å². The normalized spacial score (nSPS) is 21.5. The Morgan fingerprint density at radius 2 is 2.05 bits per heavy atom. The van der Waals surface area contributed by atoms with E-state index in [1.807, 2.05) is 18.7 Å². The Morgan fingerprint density at radius 3 is 2.57 bits per heavy atom. The first kappa shape index (κ1) is 17.8. The quantitative estimate of drug-likeness (QED) is 0.674. The highest BCUT2D eigenvalue weighted by Crippen LogP contribution is 2.19. The molecule has 2 unspecified atom stereocenters. The summed E-state index contributed by atoms with van der Waals surface area (Å²) in [6, 6.07) is 0.0570. The molecule has 122 valence electrons. The molecule has 1 heterocycles. The van der Waals surface area contributed by atoms with Crippen molar-refractivity contribution in [3.8, 4) is 0 Å². The van der Waals surface area contributed by atoms with E-state index < -0.39 is 12.1 Å². The number of ether oxygens (including phenoxy) is 1. The molecule has 6 nitrogen and oxygen atoms in total. The van der Waals surface area contributed by atoms with E-state index in [0.29, 0.717) is 19.4 Å². The molecular formula is C15H28N2O4. The van der Waals surface area contributed by atoms with Gasteiger partial charge in [0.1, 0.15) is 0 Å². The third kappa shape index (κ3) is 5.91. The molecule has 0 saturated carbocycles. The number of carboxylic acid groups (broad SMARTS) is 1. The lowest BCUT2D eigenvalue weighted by molar-refractivity contribution is -0.149. The number of nitrogens with one attached hydrogen (secondary N) is 1. The fourth-order valence-electron chi connectivity index (χ4n) is 2.47. The topological polar surface area (TPSA) is 78.9 Å². The zero-order valence-electron chi connectivity index (χ0n) is 13.3. The number of urea groups is 1. The van der Waals surface area contributed by atoms with Gasteiger partial charge in [-0.2, -0.15) is 0 Å². The van der Waals surface area contributed by atoms with Crippen molar-refractivity contribution in [3.05, 3.63) is 0 Å². The van der Waals surface area contributed by atoms with E-state index in [9.17, 15) is 9.59 Å². The predicted molar refractivity (Wildman–Crippen MR) is 80.3 cm³/mol. The average Bonchev–Trinajstić information content (AvgIpc) is 2.89. The molecule has 0 aromatic rings. The minimum absolute atomic E-state index is 0.0940. The van der Waals surface area contributed by atoms with E-state index in [2.05, 4.69) is 12.2 Å². The monoisotopic (exact) mass is 300 g/mol. The molecule has 2 amide bonds. The lowest BCUT2D eigenvalue weighted by Crippen LogP contribution is -2.46. The molecule has 0 spiro atoms. The van der Waals surface area contributed by atoms with Gasteiger partial charge in [0.25, 0.3) is 0 Å². The Bertz CT molecular complexity index is 347. The van der Waals surface area contributed by atoms with Gasteiger partial charge in [-0.15, -0.1) is 0 Å². The first-order chi connectivity index (χ1) is 9.95. The summed E-state index contributed by atoms with van der Waals surface area (Å²) in [5.74, 6) is -0.924. The van der Waals surface area contributed by atoms with Crippen molar-refractivity contribution in [1.82, 2.24) is 10.2 Å². The molecule has 2 atom stereocenters. The molecule has 0 aromatic carbocycles. The minimum atomic E-state index is -0.924. The van der Waals surface area contributed by atoms with Gasteiger partial charge in [-0.05, 0) is 33.1 Å². The summed E-state index contributed by atoms with van der Waals surface area (Å²) >= 11 is 0. The summed E-state index contributed by atoms with van der Waals surface area (Å²) in [5, 5.41) is 11.7. The molecule has 0 radical (unpaired) electrons. The number of aliphatic carboxylic acids is 1. The highest BCUT2D eigenvalue weighted by atomic mass is 16.5. The average molecular weight is 300 g/mol. The van der Waals surface area contributed by atoms with Gasteiger partial charge in [-0.3, -0.25) is 0 Å². The number of amides is 2. The van der Waals surface area contributed by atoms with Crippen LogP contribution in [0.3, 0.4) is 0 Å². The van der Waals surface area contributed by atoms with Gasteiger partial charge in [0.2, 0.25) is 0 Å². The Balaban J connectivity index is 2.35. The standard InChI is InChI=1S/C15H28N2O4/c1-4-5-6-9-17(11(2)3)15(20)16-10-12-7-8-13(21-12)14(18)19/h11-13H,4-10H2,1-3H3,(H,16,20)(H,18,19). The highest BCUT2D eigenvalue weighted by molar-refractivity contribution is 5.74. The predicted octanol–water partition coefficient (Wildman–Crippen LogP) is 2.23. The molecule has 0 bridgehead atoms. The molecule has 0 aromatic heterocycles. The number of carbonyl (C=O) groups is 2. The van der Waals surface area contributed by atoms with Crippen LogP contribution in [-0.2, 0) is 9.53 Å². The maximum absolute atomic E-state index is 12.2. The number of hydrogen-bond donors (Lipinski definition) is 2. The molecule has 1 aliphatic rings. The number of rotatable bonds is 8. The van der Waals surface area contributed by atoms with E-state index in [-0.39, 0.29) is 18.2 Å². The zero-order chi connectivity index (χ0) is 15.8. The van der Waals surface area contributed by atoms with E-state index in [1.165, 1.54) is 0 Å². The van der Waals surface area contributed by atoms with Gasteiger partial charge in [0.15, 0.2) is 6.10 Å². The SMILES string of the molecule is CCCCCN(C(=O)NCC1CCC(C(=O)O)O1)C(C)C. The van der Waals surface area contributed by atoms with Crippen LogP contribution in [0.1, 0.15) is 52.9 Å². The second-order valence-electron chi connectivity index (χ2n) is 5.84. The van der Waals surface area contributed by atoms with Crippen molar-refractivity contribution in [2.24, 2.45) is 0 Å². The van der Waals surface area contributed by atoms with Crippen LogP contribution < -0.4 is 5.32 Å². The maximum Gasteiger partial charge on any atom is 0.332 e. The maximum atomic E-state index is 12.2. The van der Waals surface area contributed by atoms with Crippen molar-refractivity contribution in [2.45, 2.75) is 71.1 Å². The molecule has 1 saturated heterocycles. The van der Waals surface area contributed by atoms with Crippen molar-refractivity contribution in [1.29, 1.82) is 0 Å². The van der Waals surface area contributed by atoms with E-state index in [4.69, 9.17) is 9.84 Å². The second kappa shape index (κ2) is 8.87. The summed E-state index contributed by atoms with van der Waals surface area (Å²) < 4.78 is 5.38. The minimum Gasteiger partial charge on any atom is -0.479 e. The largest absolute Gasteiger partial charge is 0.479 e. The lowest BCUT2D eigenvalue weighted by atomic mass is 10.2. The van der Waals surface area contributed by atoms with Gasteiger partial charge in [-0.1, -0.05) is 19.8 Å². The Labute approximate surface area is 126 Å². The first-order valence-electron chi connectivity index (χ1n) is 7.88. The van der Waals surface area contributed by atoms with Gasteiger partial charge in [-0.25, -0.2) is 9.59 Å². The lowest BCUT2D eigenvalue weighted by Gasteiger charge is -2.27. The Morgan fingerprint density at radius 1 is 1.33 bits per heavy atom. The van der Waals surface area contributed by atoms with Gasteiger partial charge >= 0.3 is 12.0 Å². The van der Waals surface area contributed by atoms with E-state index in [1.54, 1.807) is 0 Å². The summed E-state index contributed by atoms with van der Waals surface area (Å²) in [4.78, 5) is 24.8. The van der Waals surface area contributed by atoms with E-state index in [0.717, 1.165) is 25.8 Å². The van der Waals surface area contributed by atoms with Crippen LogP contribution in [-0.4, -0.2) is 53.3 Å². The summed E-state index contributed by atoms with van der Waals surface area (Å²) in [6.07, 6.45) is 3.51. The molecule has 1 aliphatic heterocycles. The molecular weight excluding hydrogens is 272 g/mol. The molecule has 6 heteroatoms. The second-order valence-corrected chi connectivity index (χ2v) is 5.84. The number of carbonyl (C=O) groups excluding carboxylic acids is 1. The van der Waals surface area contributed by atoms with Crippen LogP contribution in [0, 0.1) is 0 Å². The van der Waals surface area contributed by atoms with Crippen LogP contribution in [0.5, 0.6) is 0 Å². The van der Waals surface area contributed by atoms with Crippen LogP contribution in [0.15, 0.2) is 0 Å². The van der Waals surface area contributed by atoms with Gasteiger partial charge in [0.05, 0.1) is 6.10 Å². The Hall–Kier alpha value is -1.30. The fraction of sp³-hybridized carbons (Fsp3) is 0.867. The summed E-state index contributed by atoms with van der Waals surface area (Å²) in [6.45, 7) is 7.26. The van der Waals surface area contributed by atoms with Crippen LogP contribution >= 0.6 is 0 Å². The third-order valence-electron chi connectivity index (χ3n) is 3.75. The first-order valence-corrected chi connectivity index (χ1v) is 7.88. The number of unbranched alkanes of at least 4 members (excludes halogenated alkanes) is 2. The third-order valence-corrected chi connectivity index (χ3v) is 3.75. The summed E-state index contributed by atoms with van der Waals surface area (Å²) in [7, 11) is 0. The van der Waals surface area contributed by atoms with Crippen LogP contribution in [0.2, 0.25) is 0 Å². The number of hydrogen-bond acceptors (Lipinski definition) is 3. The van der Waals surface area contributed by atoms with Gasteiger partial charge in [0, 0.05) is 19.1 Å². The van der Waals surface area contributed by atoms with Crippen LogP contribution in [0.4, 0.5) is 4.79 Å². The number of nitrogens with zero attached hydrogens (tertiary/aromatic N) is 1. The Kier molecular flexibility index (Phi) is 7.50. The molecule has 21 heavy (non-hydrogen) atoms. The van der Waals surface area contributed by atoms with Crippen molar-refractivity contribution >= 4 is 12.0 Å². The highest BCUT2D eigenvalue weighted by Gasteiger charge is 2.30. The van der Waals surface area contributed by atoms with Gasteiger partial charge < -0.3 is 20.1 Å². The molecule has 1 fully saturated rings. The number of carboxylic acids is 1. The van der Waals surface area contributed by atoms with Crippen molar-refractivity contribution < 1.29 is 19.4 Å². The fourth-order valence-corrected chi connectivity index (χ4v) is 2.47. The summed E-state index contributed by atoms with van der Waals surface area (Å²) in [5.41, 5.74) is 0. The molecule has 1 rings (SSSR count). The van der Waals surface area contributed by atoms with Crippen molar-refractivity contribution in [2.75, 3.05) is 13.1 Å². The zero-order valence-corrected chi connectivity index (χ0v) is 13.3. The van der Waals surface area contributed by atoms with E-state index >= 15 is 0 Å².